The summed E-state index contributed by atoms with van der Waals surface area (Å²) in [5.74, 6) is 1.50. The number of imidazole rings is 1. The molecule has 4 nitrogen and oxygen atoms in total. The maximum absolute atomic E-state index is 12.5. The van der Waals surface area contributed by atoms with E-state index >= 15 is 0 Å². The molecule has 0 radical (unpaired) electrons. The van der Waals surface area contributed by atoms with Gasteiger partial charge in [-0.05, 0) is 25.3 Å². The van der Waals surface area contributed by atoms with Gasteiger partial charge in [-0.2, -0.15) is 0 Å². The van der Waals surface area contributed by atoms with Gasteiger partial charge < -0.3 is 9.47 Å². The lowest BCUT2D eigenvalue weighted by atomic mass is 10.1. The number of hydrogen-bond donors (Lipinski definition) is 0. The Kier molecular flexibility index (Phi) is 5.97. The lowest BCUT2D eigenvalue weighted by Gasteiger charge is -2.27. The van der Waals surface area contributed by atoms with Gasteiger partial charge >= 0.3 is 0 Å². The first-order valence-electron chi connectivity index (χ1n) is 8.30. The summed E-state index contributed by atoms with van der Waals surface area (Å²) in [5, 5.41) is 0. The molecule has 1 heterocycles. The Labute approximate surface area is 139 Å². The molecule has 0 fully saturated rings. The highest BCUT2D eigenvalue weighted by Gasteiger charge is 2.20. The molecule has 0 aliphatic heterocycles. The number of aromatic nitrogens is 2. The van der Waals surface area contributed by atoms with Crippen molar-refractivity contribution in [1.29, 1.82) is 0 Å². The summed E-state index contributed by atoms with van der Waals surface area (Å²) in [5.41, 5.74) is 1.23. The van der Waals surface area contributed by atoms with Gasteiger partial charge in [0.25, 0.3) is 0 Å². The van der Waals surface area contributed by atoms with Gasteiger partial charge in [0.05, 0.1) is 6.54 Å². The zero-order chi connectivity index (χ0) is 16.8. The zero-order valence-corrected chi connectivity index (χ0v) is 14.6. The number of benzene rings is 1. The predicted octanol–water partition coefficient (Wildman–Crippen LogP) is 3.71. The molecule has 0 saturated heterocycles. The third-order valence-electron chi connectivity index (χ3n) is 3.84. The topological polar surface area (TPSA) is 38.1 Å². The maximum Gasteiger partial charge on any atom is 0.223 e. The van der Waals surface area contributed by atoms with Crippen LogP contribution in [0.2, 0.25) is 0 Å². The van der Waals surface area contributed by atoms with Crippen LogP contribution in [0.4, 0.5) is 0 Å². The van der Waals surface area contributed by atoms with Crippen molar-refractivity contribution in [3.05, 3.63) is 54.1 Å². The normalized spacial score (nSPS) is 11.2. The first-order valence-corrected chi connectivity index (χ1v) is 8.30. The summed E-state index contributed by atoms with van der Waals surface area (Å²) >= 11 is 0. The fourth-order valence-electron chi connectivity index (χ4n) is 2.59. The van der Waals surface area contributed by atoms with Crippen molar-refractivity contribution in [2.75, 3.05) is 0 Å². The van der Waals surface area contributed by atoms with Crippen LogP contribution in [0.1, 0.15) is 45.5 Å². The standard InChI is InChI=1S/C19H27N3O/c1-15(2)12-19(23)22(16(3)4)14-18-20-10-11-21(18)13-17-8-6-5-7-9-17/h5-11,15-16H,12-14H2,1-4H3. The molecule has 0 bridgehead atoms. The maximum atomic E-state index is 12.5. The third-order valence-corrected chi connectivity index (χ3v) is 3.84. The van der Waals surface area contributed by atoms with Crippen LogP contribution < -0.4 is 0 Å². The molecule has 2 aromatic rings. The van der Waals surface area contributed by atoms with E-state index in [0.717, 1.165) is 12.4 Å². The number of carbonyl (C=O) groups excluding carboxylic acids is 1. The minimum Gasteiger partial charge on any atom is -0.333 e. The molecular formula is C19H27N3O. The highest BCUT2D eigenvalue weighted by molar-refractivity contribution is 5.76. The average Bonchev–Trinajstić information content (AvgIpc) is 2.91. The van der Waals surface area contributed by atoms with E-state index in [9.17, 15) is 4.79 Å². The lowest BCUT2D eigenvalue weighted by Crippen LogP contribution is -2.37. The van der Waals surface area contributed by atoms with Crippen LogP contribution in [0.15, 0.2) is 42.7 Å². The molecule has 1 aromatic carbocycles. The summed E-state index contributed by atoms with van der Waals surface area (Å²) in [7, 11) is 0. The van der Waals surface area contributed by atoms with Gasteiger partial charge in [0, 0.05) is 31.4 Å². The van der Waals surface area contributed by atoms with Gasteiger partial charge in [0.1, 0.15) is 5.82 Å². The Morgan fingerprint density at radius 1 is 1.17 bits per heavy atom. The summed E-state index contributed by atoms with van der Waals surface area (Å²) in [4.78, 5) is 18.9. The molecule has 23 heavy (non-hydrogen) atoms. The van der Waals surface area contributed by atoms with Crippen LogP contribution in [-0.4, -0.2) is 26.4 Å². The molecule has 0 atom stereocenters. The fourth-order valence-corrected chi connectivity index (χ4v) is 2.59. The van der Waals surface area contributed by atoms with Crippen LogP contribution in [0.5, 0.6) is 0 Å². The SMILES string of the molecule is CC(C)CC(=O)N(Cc1nccn1Cc1ccccc1)C(C)C. The zero-order valence-electron chi connectivity index (χ0n) is 14.6. The predicted molar refractivity (Wildman–Crippen MR) is 92.9 cm³/mol. The molecule has 124 valence electrons. The number of rotatable bonds is 7. The van der Waals surface area contributed by atoms with Crippen LogP contribution in [-0.2, 0) is 17.9 Å². The van der Waals surface area contributed by atoms with Crippen molar-refractivity contribution in [3.8, 4) is 0 Å². The first-order chi connectivity index (χ1) is 11.0. The van der Waals surface area contributed by atoms with E-state index in [1.54, 1.807) is 0 Å². The number of nitrogens with zero attached hydrogens (tertiary/aromatic N) is 3. The molecule has 0 saturated carbocycles. The monoisotopic (exact) mass is 313 g/mol. The van der Waals surface area contributed by atoms with E-state index < -0.39 is 0 Å². The highest BCUT2D eigenvalue weighted by atomic mass is 16.2. The Morgan fingerprint density at radius 2 is 1.87 bits per heavy atom. The van der Waals surface area contributed by atoms with E-state index in [0.29, 0.717) is 18.9 Å². The largest absolute Gasteiger partial charge is 0.333 e. The molecule has 0 unspecified atom stereocenters. The first kappa shape index (κ1) is 17.3. The van der Waals surface area contributed by atoms with Gasteiger partial charge in [-0.15, -0.1) is 0 Å². The molecule has 0 aliphatic rings. The van der Waals surface area contributed by atoms with Gasteiger partial charge in [0.2, 0.25) is 5.91 Å². The average molecular weight is 313 g/mol. The minimum absolute atomic E-state index is 0.170. The number of carbonyl (C=O) groups is 1. The van der Waals surface area contributed by atoms with Crippen molar-refractivity contribution in [1.82, 2.24) is 14.5 Å². The molecule has 1 aromatic heterocycles. The van der Waals surface area contributed by atoms with Crippen molar-refractivity contribution in [3.63, 3.8) is 0 Å². The number of amides is 1. The second kappa shape index (κ2) is 7.95. The lowest BCUT2D eigenvalue weighted by molar-refractivity contribution is -0.134. The summed E-state index contributed by atoms with van der Waals surface area (Å²) < 4.78 is 2.12. The molecule has 0 spiro atoms. The number of hydrogen-bond acceptors (Lipinski definition) is 2. The molecule has 2 rings (SSSR count). The van der Waals surface area contributed by atoms with Gasteiger partial charge in [-0.3, -0.25) is 4.79 Å². The van der Waals surface area contributed by atoms with Gasteiger partial charge in [0.15, 0.2) is 0 Å². The van der Waals surface area contributed by atoms with Gasteiger partial charge in [-0.1, -0.05) is 44.2 Å². The Bertz CT molecular complexity index is 617. The molecular weight excluding hydrogens is 286 g/mol. The Balaban J connectivity index is 2.12. The van der Waals surface area contributed by atoms with Crippen LogP contribution in [0, 0.1) is 5.92 Å². The second-order valence-electron chi connectivity index (χ2n) is 6.67. The minimum atomic E-state index is 0.170. The second-order valence-corrected chi connectivity index (χ2v) is 6.67. The van der Waals surface area contributed by atoms with Crippen molar-refractivity contribution in [2.45, 2.75) is 53.2 Å². The van der Waals surface area contributed by atoms with E-state index in [4.69, 9.17) is 0 Å². The van der Waals surface area contributed by atoms with Crippen molar-refractivity contribution >= 4 is 5.91 Å². The summed E-state index contributed by atoms with van der Waals surface area (Å²) in [6.45, 7) is 9.61. The Hall–Kier alpha value is -2.10. The molecule has 0 aliphatic carbocycles. The van der Waals surface area contributed by atoms with Crippen LogP contribution in [0.25, 0.3) is 0 Å². The molecule has 1 amide bonds. The smallest absolute Gasteiger partial charge is 0.223 e. The van der Waals surface area contributed by atoms with Crippen LogP contribution in [0.3, 0.4) is 0 Å². The van der Waals surface area contributed by atoms with E-state index in [-0.39, 0.29) is 11.9 Å². The summed E-state index contributed by atoms with van der Waals surface area (Å²) in [6.07, 6.45) is 4.37. The van der Waals surface area contributed by atoms with E-state index in [2.05, 4.69) is 49.4 Å². The van der Waals surface area contributed by atoms with Gasteiger partial charge in [-0.25, -0.2) is 4.98 Å². The van der Waals surface area contributed by atoms with E-state index in [1.807, 2.05) is 35.5 Å². The molecule has 0 N–H and O–H groups in total. The summed E-state index contributed by atoms with van der Waals surface area (Å²) in [6, 6.07) is 10.5. The van der Waals surface area contributed by atoms with Crippen molar-refractivity contribution < 1.29 is 4.79 Å². The van der Waals surface area contributed by atoms with E-state index in [1.165, 1.54) is 5.56 Å². The quantitative estimate of drug-likeness (QED) is 0.781. The fraction of sp³-hybridized carbons (Fsp3) is 0.474. The Morgan fingerprint density at radius 3 is 2.48 bits per heavy atom. The third kappa shape index (κ3) is 4.95. The van der Waals surface area contributed by atoms with Crippen LogP contribution >= 0.6 is 0 Å². The highest BCUT2D eigenvalue weighted by Crippen LogP contribution is 2.13. The van der Waals surface area contributed by atoms with Crippen molar-refractivity contribution in [2.24, 2.45) is 5.92 Å². The molecule has 4 heteroatoms.